The Morgan fingerprint density at radius 3 is 2.71 bits per heavy atom. The molecule has 0 heterocycles. The van der Waals surface area contributed by atoms with Crippen molar-refractivity contribution in [1.82, 2.24) is 0 Å². The van der Waals surface area contributed by atoms with Gasteiger partial charge >= 0.3 is 6.09 Å². The molecule has 1 rings (SSSR count). The summed E-state index contributed by atoms with van der Waals surface area (Å²) in [7, 11) is 0. The molecule has 0 aromatic heterocycles. The zero-order chi connectivity index (χ0) is 13.0. The predicted molar refractivity (Wildman–Crippen MR) is 64.3 cm³/mol. The first kappa shape index (κ1) is 13.2. The first-order chi connectivity index (χ1) is 7.93. The number of nitrogens with one attached hydrogen (secondary N) is 1. The van der Waals surface area contributed by atoms with Gasteiger partial charge in [-0.1, -0.05) is 11.6 Å². The molecule has 0 saturated carbocycles. The third kappa shape index (κ3) is 3.28. The van der Waals surface area contributed by atoms with Gasteiger partial charge in [0.15, 0.2) is 5.82 Å². The number of nitrogens with two attached hydrogens (primary N) is 3. The highest BCUT2D eigenvalue weighted by Crippen LogP contribution is 2.33. The number of ether oxygens (including phenoxy) is 1. The monoisotopic (exact) mass is 262 g/mol. The van der Waals surface area contributed by atoms with E-state index in [0.29, 0.717) is 0 Å². The fourth-order valence-corrected chi connectivity index (χ4v) is 1.32. The van der Waals surface area contributed by atoms with Crippen LogP contribution in [0.1, 0.15) is 0 Å². The molecule has 0 spiro atoms. The Balaban J connectivity index is 2.71. The maximum absolute atomic E-state index is 13.6. The molecule has 6 nitrogen and oxygen atoms in total. The fraction of sp³-hybridized carbons (Fsp3) is 0.222. The summed E-state index contributed by atoms with van der Waals surface area (Å²) in [5.41, 5.74) is 15.9. The lowest BCUT2D eigenvalue weighted by molar-refractivity contribution is 0.161. The Hall–Kier alpha value is -1.89. The lowest BCUT2D eigenvalue weighted by Gasteiger charge is -2.12. The number of amides is 1. The van der Waals surface area contributed by atoms with E-state index < -0.39 is 11.9 Å². The number of nitrogen functional groups attached to an aromatic ring is 2. The van der Waals surface area contributed by atoms with E-state index >= 15 is 0 Å². The quantitative estimate of drug-likeness (QED) is 0.480. The van der Waals surface area contributed by atoms with Gasteiger partial charge in [-0.25, -0.2) is 9.18 Å². The van der Waals surface area contributed by atoms with E-state index in [-0.39, 0.29) is 35.2 Å². The van der Waals surface area contributed by atoms with Crippen LogP contribution in [0, 0.1) is 5.82 Å². The highest BCUT2D eigenvalue weighted by molar-refractivity contribution is 6.33. The van der Waals surface area contributed by atoms with Crippen molar-refractivity contribution in [1.29, 1.82) is 0 Å². The number of primary amides is 1. The van der Waals surface area contributed by atoms with Crippen LogP contribution in [0.25, 0.3) is 0 Å². The summed E-state index contributed by atoms with van der Waals surface area (Å²) in [4.78, 5) is 10.3. The van der Waals surface area contributed by atoms with Crippen molar-refractivity contribution in [2.75, 3.05) is 29.9 Å². The number of benzene rings is 1. The lowest BCUT2D eigenvalue weighted by atomic mass is 10.2. The van der Waals surface area contributed by atoms with Crippen molar-refractivity contribution in [3.05, 3.63) is 16.9 Å². The van der Waals surface area contributed by atoms with Crippen LogP contribution in [0.4, 0.5) is 26.2 Å². The van der Waals surface area contributed by atoms with Gasteiger partial charge in [0.1, 0.15) is 11.6 Å². The lowest BCUT2D eigenvalue weighted by Crippen LogP contribution is -2.19. The van der Waals surface area contributed by atoms with Gasteiger partial charge in [0.05, 0.1) is 17.1 Å². The number of hydrogen-bond donors (Lipinski definition) is 4. The second kappa shape index (κ2) is 5.44. The largest absolute Gasteiger partial charge is 0.448 e. The highest BCUT2D eigenvalue weighted by Gasteiger charge is 2.13. The molecule has 1 aromatic rings. The van der Waals surface area contributed by atoms with Crippen LogP contribution >= 0.6 is 11.6 Å². The van der Waals surface area contributed by atoms with Crippen LogP contribution < -0.4 is 22.5 Å². The molecule has 8 heteroatoms. The average Bonchev–Trinajstić information content (AvgIpc) is 2.24. The Morgan fingerprint density at radius 2 is 2.12 bits per heavy atom. The second-order valence-electron chi connectivity index (χ2n) is 3.15. The molecule has 7 N–H and O–H groups in total. The number of rotatable bonds is 4. The summed E-state index contributed by atoms with van der Waals surface area (Å²) in [6.45, 7) is 0.126. The van der Waals surface area contributed by atoms with Gasteiger partial charge < -0.3 is 27.3 Å². The number of carbonyl (C=O) groups is 1. The molecule has 17 heavy (non-hydrogen) atoms. The van der Waals surface area contributed by atoms with Gasteiger partial charge in [0, 0.05) is 6.54 Å². The molecule has 0 saturated heterocycles. The van der Waals surface area contributed by atoms with Crippen LogP contribution in [-0.4, -0.2) is 19.2 Å². The topological polar surface area (TPSA) is 116 Å². The first-order valence-corrected chi connectivity index (χ1v) is 5.00. The first-order valence-electron chi connectivity index (χ1n) is 4.62. The van der Waals surface area contributed by atoms with Crippen molar-refractivity contribution in [3.63, 3.8) is 0 Å². The maximum Gasteiger partial charge on any atom is 0.404 e. The van der Waals surface area contributed by atoms with Gasteiger partial charge in [-0.2, -0.15) is 0 Å². The van der Waals surface area contributed by atoms with Crippen molar-refractivity contribution >= 4 is 34.8 Å². The van der Waals surface area contributed by atoms with E-state index in [2.05, 4.69) is 10.1 Å². The highest BCUT2D eigenvalue weighted by atomic mass is 35.5. The van der Waals surface area contributed by atoms with Gasteiger partial charge in [0.2, 0.25) is 0 Å². The number of carbonyl (C=O) groups excluding carboxylic acids is 1. The Labute approximate surface area is 102 Å². The molecular weight excluding hydrogens is 251 g/mol. The van der Waals surface area contributed by atoms with Crippen molar-refractivity contribution < 1.29 is 13.9 Å². The van der Waals surface area contributed by atoms with Gasteiger partial charge in [-0.3, -0.25) is 0 Å². The van der Waals surface area contributed by atoms with E-state index in [0.717, 1.165) is 0 Å². The van der Waals surface area contributed by atoms with Crippen molar-refractivity contribution in [2.24, 2.45) is 5.73 Å². The van der Waals surface area contributed by atoms with Crippen LogP contribution in [-0.2, 0) is 4.74 Å². The van der Waals surface area contributed by atoms with Crippen molar-refractivity contribution in [2.45, 2.75) is 0 Å². The predicted octanol–water partition coefficient (Wildman–Crippen LogP) is 1.15. The molecule has 0 fully saturated rings. The number of halogens is 2. The molecule has 0 aliphatic heterocycles. The minimum Gasteiger partial charge on any atom is -0.448 e. The second-order valence-corrected chi connectivity index (χ2v) is 3.53. The molecule has 0 unspecified atom stereocenters. The molecule has 94 valence electrons. The molecule has 1 amide bonds. The maximum atomic E-state index is 13.6. The van der Waals surface area contributed by atoms with Crippen LogP contribution in [0.5, 0.6) is 0 Å². The molecule has 0 aliphatic rings. The van der Waals surface area contributed by atoms with E-state index in [4.69, 9.17) is 28.8 Å². The summed E-state index contributed by atoms with van der Waals surface area (Å²) < 4.78 is 18.1. The van der Waals surface area contributed by atoms with E-state index in [1.54, 1.807) is 0 Å². The molecule has 0 bridgehead atoms. The normalized spacial score (nSPS) is 10.0. The third-order valence-electron chi connectivity index (χ3n) is 1.91. The number of hydrogen-bond acceptors (Lipinski definition) is 5. The van der Waals surface area contributed by atoms with E-state index in [9.17, 15) is 9.18 Å². The zero-order valence-electron chi connectivity index (χ0n) is 8.80. The minimum atomic E-state index is -0.907. The minimum absolute atomic E-state index is 0.0114. The zero-order valence-corrected chi connectivity index (χ0v) is 9.55. The smallest absolute Gasteiger partial charge is 0.404 e. The Morgan fingerprint density at radius 1 is 1.47 bits per heavy atom. The van der Waals surface area contributed by atoms with E-state index in [1.807, 2.05) is 0 Å². The standard InChI is InChI=1S/C9H12ClFN4O2/c10-6-4(12)3-5(13)8(7(6)11)15-1-2-17-9(14)16/h3,15H,1-2,12-13H2,(H2,14,16). The molecular formula is C9H12ClFN4O2. The summed E-state index contributed by atoms with van der Waals surface area (Å²) in [6, 6.07) is 1.34. The summed E-state index contributed by atoms with van der Waals surface area (Å²) in [5, 5.41) is 2.42. The number of anilines is 3. The summed E-state index contributed by atoms with van der Waals surface area (Å²) >= 11 is 5.62. The Bertz CT molecular complexity index is 441. The van der Waals surface area contributed by atoms with E-state index in [1.165, 1.54) is 6.07 Å². The molecule has 0 aliphatic carbocycles. The summed E-state index contributed by atoms with van der Waals surface area (Å²) in [5.74, 6) is -0.747. The molecule has 0 atom stereocenters. The van der Waals surface area contributed by atoms with Crippen molar-refractivity contribution in [3.8, 4) is 0 Å². The average molecular weight is 263 g/mol. The Kier molecular flexibility index (Phi) is 4.22. The van der Waals surface area contributed by atoms with Crippen LogP contribution in [0.15, 0.2) is 6.07 Å². The van der Waals surface area contributed by atoms with Crippen LogP contribution in [0.3, 0.4) is 0 Å². The SMILES string of the molecule is NC(=O)OCCNc1c(N)cc(N)c(Cl)c1F. The van der Waals surface area contributed by atoms with Gasteiger partial charge in [0.25, 0.3) is 0 Å². The van der Waals surface area contributed by atoms with Crippen LogP contribution in [0.2, 0.25) is 5.02 Å². The third-order valence-corrected chi connectivity index (χ3v) is 2.30. The molecule has 1 aromatic carbocycles. The fourth-order valence-electron chi connectivity index (χ4n) is 1.17. The van der Waals surface area contributed by atoms with Gasteiger partial charge in [-0.05, 0) is 6.07 Å². The molecule has 0 radical (unpaired) electrons. The summed E-state index contributed by atoms with van der Waals surface area (Å²) in [6.07, 6.45) is -0.907. The van der Waals surface area contributed by atoms with Gasteiger partial charge in [-0.15, -0.1) is 0 Å².